The molecule has 0 bridgehead atoms. The molecule has 0 aromatic heterocycles. The number of benzene rings is 1. The molecule has 1 unspecified atom stereocenters. The van der Waals surface area contributed by atoms with Crippen molar-refractivity contribution in [3.05, 3.63) is 52.1 Å². The molecular weight excluding hydrogens is 304 g/mol. The largest absolute Gasteiger partial charge is 0.419 e. The van der Waals surface area contributed by atoms with Crippen molar-refractivity contribution in [1.29, 1.82) is 0 Å². The standard InChI is InChI=1S/C17H15ClO4/c1-17(2)21-15(19)14(16(20)22-17)9-12-8-11(12)7-10-3-5-13(18)6-4-10/h3-7,9,12H,8H2,1-2H3/b11-7+. The van der Waals surface area contributed by atoms with Gasteiger partial charge in [0.2, 0.25) is 0 Å². The zero-order valence-corrected chi connectivity index (χ0v) is 13.0. The van der Waals surface area contributed by atoms with E-state index in [0.717, 1.165) is 17.6 Å². The first-order valence-corrected chi connectivity index (χ1v) is 7.36. The number of rotatable bonds is 2. The van der Waals surface area contributed by atoms with Gasteiger partial charge in [-0.15, -0.1) is 0 Å². The Morgan fingerprint density at radius 3 is 2.32 bits per heavy atom. The molecule has 2 fully saturated rings. The van der Waals surface area contributed by atoms with E-state index in [1.54, 1.807) is 6.08 Å². The van der Waals surface area contributed by atoms with Gasteiger partial charge in [0.05, 0.1) is 0 Å². The Morgan fingerprint density at radius 2 is 1.73 bits per heavy atom. The van der Waals surface area contributed by atoms with E-state index in [1.807, 2.05) is 30.3 Å². The number of halogens is 1. The van der Waals surface area contributed by atoms with Gasteiger partial charge in [0.1, 0.15) is 5.57 Å². The molecular formula is C17H15ClO4. The average Bonchev–Trinajstić information content (AvgIpc) is 3.14. The topological polar surface area (TPSA) is 52.6 Å². The third kappa shape index (κ3) is 3.22. The third-order valence-electron chi connectivity index (χ3n) is 3.48. The number of allylic oxidation sites excluding steroid dienone is 2. The molecule has 5 heteroatoms. The first kappa shape index (κ1) is 14.9. The van der Waals surface area contributed by atoms with Gasteiger partial charge in [-0.1, -0.05) is 41.5 Å². The highest BCUT2D eigenvalue weighted by atomic mass is 35.5. The Balaban J connectivity index is 1.73. The van der Waals surface area contributed by atoms with Crippen LogP contribution in [0.1, 0.15) is 25.8 Å². The van der Waals surface area contributed by atoms with Crippen molar-refractivity contribution in [2.24, 2.45) is 5.92 Å². The second kappa shape index (κ2) is 5.29. The summed E-state index contributed by atoms with van der Waals surface area (Å²) in [5.74, 6) is -2.37. The summed E-state index contributed by atoms with van der Waals surface area (Å²) in [7, 11) is 0. The van der Waals surface area contributed by atoms with E-state index in [2.05, 4.69) is 0 Å². The minimum absolute atomic E-state index is 0.0242. The molecule has 1 aromatic rings. The van der Waals surface area contributed by atoms with Crippen molar-refractivity contribution < 1.29 is 19.1 Å². The molecule has 4 nitrogen and oxygen atoms in total. The number of ether oxygens (including phenoxy) is 2. The summed E-state index contributed by atoms with van der Waals surface area (Å²) in [5, 5.41) is 0.687. The molecule has 22 heavy (non-hydrogen) atoms. The smallest absolute Gasteiger partial charge is 0.348 e. The van der Waals surface area contributed by atoms with Gasteiger partial charge in [-0.2, -0.15) is 0 Å². The van der Waals surface area contributed by atoms with Crippen LogP contribution >= 0.6 is 11.6 Å². The van der Waals surface area contributed by atoms with E-state index in [0.29, 0.717) is 5.02 Å². The zero-order valence-electron chi connectivity index (χ0n) is 12.3. The maximum Gasteiger partial charge on any atom is 0.348 e. The van der Waals surface area contributed by atoms with Crippen LogP contribution in [-0.2, 0) is 19.1 Å². The maximum atomic E-state index is 11.9. The predicted octanol–water partition coefficient (Wildman–Crippen LogP) is 3.51. The van der Waals surface area contributed by atoms with Crippen molar-refractivity contribution in [3.63, 3.8) is 0 Å². The minimum Gasteiger partial charge on any atom is -0.419 e. The van der Waals surface area contributed by atoms with E-state index in [9.17, 15) is 9.59 Å². The Labute approximate surface area is 133 Å². The molecule has 0 N–H and O–H groups in total. The predicted molar refractivity (Wildman–Crippen MR) is 81.9 cm³/mol. The van der Waals surface area contributed by atoms with Gasteiger partial charge in [-0.3, -0.25) is 0 Å². The van der Waals surface area contributed by atoms with Crippen LogP contribution in [0.25, 0.3) is 6.08 Å². The van der Waals surface area contributed by atoms with E-state index < -0.39 is 17.7 Å². The fraction of sp³-hybridized carbons (Fsp3) is 0.294. The van der Waals surface area contributed by atoms with Gasteiger partial charge in [-0.25, -0.2) is 9.59 Å². The van der Waals surface area contributed by atoms with E-state index >= 15 is 0 Å². The Morgan fingerprint density at radius 1 is 1.14 bits per heavy atom. The molecule has 1 saturated heterocycles. The van der Waals surface area contributed by atoms with Crippen molar-refractivity contribution >= 4 is 29.6 Å². The molecule has 2 aliphatic rings. The van der Waals surface area contributed by atoms with Gasteiger partial charge in [0.25, 0.3) is 5.79 Å². The number of carbonyl (C=O) groups excluding carboxylic acids is 2. The van der Waals surface area contributed by atoms with Crippen molar-refractivity contribution in [2.45, 2.75) is 26.1 Å². The normalized spacial score (nSPS) is 24.8. The molecule has 114 valence electrons. The molecule has 0 radical (unpaired) electrons. The van der Waals surface area contributed by atoms with Crippen LogP contribution in [0.5, 0.6) is 0 Å². The molecule has 1 atom stereocenters. The summed E-state index contributed by atoms with van der Waals surface area (Å²) in [5.41, 5.74) is 2.17. The maximum absolute atomic E-state index is 11.9. The summed E-state index contributed by atoms with van der Waals surface area (Å²) >= 11 is 5.84. The molecule has 1 heterocycles. The summed E-state index contributed by atoms with van der Waals surface area (Å²) in [4.78, 5) is 23.7. The van der Waals surface area contributed by atoms with Gasteiger partial charge in [-0.05, 0) is 24.1 Å². The monoisotopic (exact) mass is 318 g/mol. The van der Waals surface area contributed by atoms with E-state index in [1.165, 1.54) is 13.8 Å². The average molecular weight is 319 g/mol. The molecule has 0 amide bonds. The first-order valence-electron chi connectivity index (χ1n) is 6.98. The first-order chi connectivity index (χ1) is 10.3. The van der Waals surface area contributed by atoms with Gasteiger partial charge in [0, 0.05) is 24.8 Å². The van der Waals surface area contributed by atoms with Crippen LogP contribution in [0.3, 0.4) is 0 Å². The third-order valence-corrected chi connectivity index (χ3v) is 3.73. The van der Waals surface area contributed by atoms with Crippen LogP contribution in [-0.4, -0.2) is 17.7 Å². The molecule has 1 aliphatic carbocycles. The lowest BCUT2D eigenvalue weighted by molar-refractivity contribution is -0.222. The van der Waals surface area contributed by atoms with Crippen LogP contribution in [0.4, 0.5) is 0 Å². The minimum atomic E-state index is -1.20. The van der Waals surface area contributed by atoms with Crippen LogP contribution in [0.2, 0.25) is 5.02 Å². The van der Waals surface area contributed by atoms with Crippen molar-refractivity contribution in [1.82, 2.24) is 0 Å². The number of esters is 2. The molecule has 3 rings (SSSR count). The second-order valence-corrected chi connectivity index (χ2v) is 6.28. The lowest BCUT2D eigenvalue weighted by atomic mass is 10.1. The fourth-order valence-corrected chi connectivity index (χ4v) is 2.42. The number of carbonyl (C=O) groups is 2. The highest BCUT2D eigenvalue weighted by Crippen LogP contribution is 2.42. The molecule has 1 aromatic carbocycles. The summed E-state index contributed by atoms with van der Waals surface area (Å²) in [6.45, 7) is 3.06. The van der Waals surface area contributed by atoms with Gasteiger partial charge >= 0.3 is 11.9 Å². The van der Waals surface area contributed by atoms with Crippen molar-refractivity contribution in [3.8, 4) is 0 Å². The summed E-state index contributed by atoms with van der Waals surface area (Å²) in [6, 6.07) is 7.48. The SMILES string of the molecule is CC1(C)OC(=O)C(=CC2C/C2=C\c2ccc(Cl)cc2)C(=O)O1. The van der Waals surface area contributed by atoms with Crippen LogP contribution in [0, 0.1) is 5.92 Å². The van der Waals surface area contributed by atoms with E-state index in [-0.39, 0.29) is 11.5 Å². The fourth-order valence-electron chi connectivity index (χ4n) is 2.30. The molecule has 1 saturated carbocycles. The summed E-state index contributed by atoms with van der Waals surface area (Å²) < 4.78 is 10.1. The molecule has 0 spiro atoms. The number of hydrogen-bond acceptors (Lipinski definition) is 4. The number of cyclic esters (lactones) is 2. The van der Waals surface area contributed by atoms with Crippen molar-refractivity contribution in [2.75, 3.05) is 0 Å². The molecule has 1 aliphatic heterocycles. The number of hydrogen-bond donors (Lipinski definition) is 0. The van der Waals surface area contributed by atoms with Gasteiger partial charge < -0.3 is 9.47 Å². The lowest BCUT2D eigenvalue weighted by Crippen LogP contribution is -2.41. The Kier molecular flexibility index (Phi) is 3.57. The second-order valence-electron chi connectivity index (χ2n) is 5.84. The van der Waals surface area contributed by atoms with Gasteiger partial charge in [0.15, 0.2) is 0 Å². The highest BCUT2D eigenvalue weighted by molar-refractivity contribution is 6.30. The quantitative estimate of drug-likeness (QED) is 0.476. The van der Waals surface area contributed by atoms with Crippen LogP contribution < -0.4 is 0 Å². The lowest BCUT2D eigenvalue weighted by Gasteiger charge is -2.29. The Bertz CT molecular complexity index is 676. The van der Waals surface area contributed by atoms with Crippen LogP contribution in [0.15, 0.2) is 41.5 Å². The zero-order chi connectivity index (χ0) is 15.9. The Hall–Kier alpha value is -2.07. The summed E-state index contributed by atoms with van der Waals surface area (Å²) in [6.07, 6.45) is 4.47. The highest BCUT2D eigenvalue weighted by Gasteiger charge is 2.40. The van der Waals surface area contributed by atoms with E-state index in [4.69, 9.17) is 21.1 Å².